The van der Waals surface area contributed by atoms with Gasteiger partial charge in [0.1, 0.15) is 0 Å². The predicted octanol–water partition coefficient (Wildman–Crippen LogP) is 3.83. The molecule has 0 spiro atoms. The minimum atomic E-state index is 1.17. The van der Waals surface area contributed by atoms with Crippen LogP contribution in [-0.4, -0.2) is 0 Å². The number of benzene rings is 1. The first-order valence-corrected chi connectivity index (χ1v) is 4.02. The standard InChI is InChI=1S/C8H8.C4H6.CHN/c1-2-8-6-4-3-5-7-8;1-3-4-2;1-2/h2-7H,1H2;3-4H,1-2H2;1H. The monoisotopic (exact) mass is 185 g/mol. The molecule has 0 bridgehead atoms. The Kier molecular flexibility index (Phi) is 14.0. The largest absolute Gasteiger partial charge is 0.202 e. The van der Waals surface area contributed by atoms with Crippen LogP contribution in [0, 0.1) is 11.8 Å². The van der Waals surface area contributed by atoms with Gasteiger partial charge in [0, 0.05) is 6.57 Å². The summed E-state index contributed by atoms with van der Waals surface area (Å²) in [6.45, 7) is 13.9. The van der Waals surface area contributed by atoms with Crippen LogP contribution in [0.1, 0.15) is 5.56 Å². The van der Waals surface area contributed by atoms with Crippen molar-refractivity contribution in [2.24, 2.45) is 0 Å². The Hall–Kier alpha value is -2.07. The van der Waals surface area contributed by atoms with E-state index in [0.29, 0.717) is 0 Å². The Morgan fingerprint density at radius 1 is 0.929 bits per heavy atom. The van der Waals surface area contributed by atoms with Crippen molar-refractivity contribution < 1.29 is 0 Å². The summed E-state index contributed by atoms with van der Waals surface area (Å²) in [5, 5.41) is 6.50. The Morgan fingerprint density at radius 2 is 1.36 bits per heavy atom. The van der Waals surface area contributed by atoms with Gasteiger partial charge in [-0.25, -0.2) is 5.26 Å². The number of nitrogens with zero attached hydrogens (tertiary/aromatic N) is 1. The van der Waals surface area contributed by atoms with Gasteiger partial charge in [-0.15, -0.1) is 0 Å². The van der Waals surface area contributed by atoms with Crippen molar-refractivity contribution in [3.63, 3.8) is 0 Å². The van der Waals surface area contributed by atoms with E-state index >= 15 is 0 Å². The molecule has 0 aliphatic heterocycles. The van der Waals surface area contributed by atoms with Crippen molar-refractivity contribution in [1.82, 2.24) is 0 Å². The van der Waals surface area contributed by atoms with Crippen molar-refractivity contribution in [2.45, 2.75) is 0 Å². The van der Waals surface area contributed by atoms with Crippen LogP contribution in [0.2, 0.25) is 0 Å². The number of nitriles is 1. The zero-order valence-corrected chi connectivity index (χ0v) is 8.26. The van der Waals surface area contributed by atoms with Gasteiger partial charge in [0.2, 0.25) is 0 Å². The lowest BCUT2D eigenvalue weighted by atomic mass is 10.2. The van der Waals surface area contributed by atoms with Crippen LogP contribution < -0.4 is 0 Å². The SMILES string of the molecule is C#N.C=CC=C.C=Cc1ccccc1. The lowest BCUT2D eigenvalue weighted by Gasteiger charge is -1.85. The van der Waals surface area contributed by atoms with Gasteiger partial charge in [0.05, 0.1) is 0 Å². The summed E-state index contributed by atoms with van der Waals surface area (Å²) in [4.78, 5) is 0. The van der Waals surface area contributed by atoms with Crippen LogP contribution >= 0.6 is 0 Å². The second-order valence-corrected chi connectivity index (χ2v) is 2.09. The molecule has 0 N–H and O–H groups in total. The molecular formula is C13H15N. The second-order valence-electron chi connectivity index (χ2n) is 2.09. The van der Waals surface area contributed by atoms with Crippen molar-refractivity contribution in [1.29, 1.82) is 5.26 Å². The highest BCUT2D eigenvalue weighted by Crippen LogP contribution is 1.97. The second kappa shape index (κ2) is 13.5. The van der Waals surface area contributed by atoms with Crippen LogP contribution in [0.5, 0.6) is 0 Å². The Balaban J connectivity index is 0. The molecule has 0 aliphatic rings. The molecule has 0 saturated carbocycles. The average molecular weight is 185 g/mol. The van der Waals surface area contributed by atoms with Gasteiger partial charge < -0.3 is 0 Å². The molecule has 1 rings (SSSR count). The number of rotatable bonds is 2. The van der Waals surface area contributed by atoms with Gasteiger partial charge >= 0.3 is 0 Å². The highest BCUT2D eigenvalue weighted by molar-refractivity contribution is 5.45. The minimum absolute atomic E-state index is 1.17. The van der Waals surface area contributed by atoms with Crippen LogP contribution in [0.25, 0.3) is 6.08 Å². The first-order chi connectivity index (χ1) is 6.85. The smallest absolute Gasteiger partial charge is 0.0462 e. The zero-order chi connectivity index (χ0) is 11.2. The predicted molar refractivity (Wildman–Crippen MR) is 63.6 cm³/mol. The molecule has 0 amide bonds. The summed E-state index contributed by atoms with van der Waals surface area (Å²) in [6.07, 6.45) is 5.11. The molecule has 1 aromatic carbocycles. The quantitative estimate of drug-likeness (QED) is 0.642. The Morgan fingerprint density at radius 3 is 1.57 bits per heavy atom. The summed E-state index contributed by atoms with van der Waals surface area (Å²) in [5.74, 6) is 0. The average Bonchev–Trinajstić information content (AvgIpc) is 2.33. The van der Waals surface area contributed by atoms with E-state index < -0.39 is 0 Å². The van der Waals surface area contributed by atoms with E-state index in [1.54, 1.807) is 12.2 Å². The maximum Gasteiger partial charge on any atom is 0.0462 e. The van der Waals surface area contributed by atoms with Crippen molar-refractivity contribution in [2.75, 3.05) is 0 Å². The molecule has 0 unspecified atom stereocenters. The van der Waals surface area contributed by atoms with E-state index in [1.807, 2.05) is 36.4 Å². The molecule has 72 valence electrons. The van der Waals surface area contributed by atoms with Crippen molar-refractivity contribution >= 4 is 6.08 Å². The Labute approximate surface area is 86.3 Å². The van der Waals surface area contributed by atoms with Gasteiger partial charge in [0.25, 0.3) is 0 Å². The van der Waals surface area contributed by atoms with E-state index in [-0.39, 0.29) is 0 Å². The highest BCUT2D eigenvalue weighted by atomic mass is 14.2. The number of hydrogen-bond acceptors (Lipinski definition) is 1. The fourth-order valence-corrected chi connectivity index (χ4v) is 0.589. The molecular weight excluding hydrogens is 170 g/mol. The molecule has 0 atom stereocenters. The lowest BCUT2D eigenvalue weighted by molar-refractivity contribution is 1.58. The third-order valence-electron chi connectivity index (χ3n) is 1.20. The van der Waals surface area contributed by atoms with Gasteiger partial charge in [-0.3, -0.25) is 0 Å². The molecule has 1 aromatic rings. The van der Waals surface area contributed by atoms with Gasteiger partial charge in [-0.1, -0.05) is 68.3 Å². The highest BCUT2D eigenvalue weighted by Gasteiger charge is 1.75. The summed E-state index contributed by atoms with van der Waals surface area (Å²) in [6, 6.07) is 10.0. The molecule has 1 nitrogen and oxygen atoms in total. The molecule has 0 saturated heterocycles. The van der Waals surface area contributed by atoms with E-state index in [2.05, 4.69) is 26.3 Å². The topological polar surface area (TPSA) is 23.8 Å². The first kappa shape index (κ1) is 14.5. The first-order valence-electron chi connectivity index (χ1n) is 4.02. The fourth-order valence-electron chi connectivity index (χ4n) is 0.589. The van der Waals surface area contributed by atoms with Crippen LogP contribution in [0.15, 0.2) is 62.2 Å². The maximum atomic E-state index is 6.50. The van der Waals surface area contributed by atoms with E-state index in [9.17, 15) is 0 Å². The van der Waals surface area contributed by atoms with Gasteiger partial charge in [-0.05, 0) is 5.56 Å². The molecule has 0 heterocycles. The van der Waals surface area contributed by atoms with Crippen LogP contribution in [0.4, 0.5) is 0 Å². The molecule has 0 aromatic heterocycles. The zero-order valence-electron chi connectivity index (χ0n) is 8.26. The molecule has 0 radical (unpaired) electrons. The van der Waals surface area contributed by atoms with Crippen molar-refractivity contribution in [3.8, 4) is 6.57 Å². The molecule has 0 fully saturated rings. The van der Waals surface area contributed by atoms with Crippen LogP contribution in [-0.2, 0) is 0 Å². The van der Waals surface area contributed by atoms with Crippen molar-refractivity contribution in [3.05, 3.63) is 67.8 Å². The third kappa shape index (κ3) is 9.93. The van der Waals surface area contributed by atoms with E-state index in [1.165, 1.54) is 5.56 Å². The molecule has 0 aliphatic carbocycles. The van der Waals surface area contributed by atoms with Gasteiger partial charge in [-0.2, -0.15) is 0 Å². The molecule has 14 heavy (non-hydrogen) atoms. The number of hydrogen-bond donors (Lipinski definition) is 0. The summed E-state index contributed by atoms with van der Waals surface area (Å²) >= 11 is 0. The summed E-state index contributed by atoms with van der Waals surface area (Å²) < 4.78 is 0. The molecule has 1 heteroatoms. The summed E-state index contributed by atoms with van der Waals surface area (Å²) in [7, 11) is 0. The maximum absolute atomic E-state index is 6.50. The summed E-state index contributed by atoms with van der Waals surface area (Å²) in [5.41, 5.74) is 1.17. The third-order valence-corrected chi connectivity index (χ3v) is 1.20. The van der Waals surface area contributed by atoms with Gasteiger partial charge in [0.15, 0.2) is 0 Å². The normalized spacial score (nSPS) is 6.43. The lowest BCUT2D eigenvalue weighted by Crippen LogP contribution is -1.63. The minimum Gasteiger partial charge on any atom is -0.202 e. The van der Waals surface area contributed by atoms with Crippen LogP contribution in [0.3, 0.4) is 0 Å². The number of allylic oxidation sites excluding steroid dienone is 2. The fraction of sp³-hybridized carbons (Fsp3) is 0. The Bertz CT molecular complexity index is 264. The van der Waals surface area contributed by atoms with E-state index in [4.69, 9.17) is 5.26 Å². The van der Waals surface area contributed by atoms with E-state index in [0.717, 1.165) is 0 Å².